The summed E-state index contributed by atoms with van der Waals surface area (Å²) < 4.78 is 32.2. The van der Waals surface area contributed by atoms with E-state index in [9.17, 15) is 4.79 Å². The van der Waals surface area contributed by atoms with Gasteiger partial charge in [-0.15, -0.1) is 0 Å². The molecule has 5 rings (SSSR count). The Balaban J connectivity index is 1.87. The standard InChI is InChI=1S/C24H24FNO4/c1-13(27)30-14-6-7-15-16(9-14)17-10-21(28-2)22(29-3)11-18(17)19-12-26-8-4-5-20(26)24(25)23(15)19/h6-7,9-11,20,24H,4-5,8,12H2,1-3H3/t20-,24?/m0/s1. The van der Waals surface area contributed by atoms with Gasteiger partial charge in [-0.3, -0.25) is 9.69 Å². The lowest BCUT2D eigenvalue weighted by atomic mass is 9.84. The molecule has 0 spiro atoms. The van der Waals surface area contributed by atoms with Crippen molar-refractivity contribution >= 4 is 27.5 Å². The highest BCUT2D eigenvalue weighted by molar-refractivity contribution is 6.12. The van der Waals surface area contributed by atoms with E-state index in [0.717, 1.165) is 52.1 Å². The molecule has 30 heavy (non-hydrogen) atoms. The van der Waals surface area contributed by atoms with Gasteiger partial charge in [0.25, 0.3) is 0 Å². The molecule has 6 heteroatoms. The van der Waals surface area contributed by atoms with Gasteiger partial charge in [-0.1, -0.05) is 6.07 Å². The van der Waals surface area contributed by atoms with Gasteiger partial charge in [0.1, 0.15) is 11.9 Å². The van der Waals surface area contributed by atoms with E-state index in [1.165, 1.54) is 6.92 Å². The molecular formula is C24H24FNO4. The molecule has 0 bridgehead atoms. The number of rotatable bonds is 3. The molecule has 3 aromatic carbocycles. The Bertz CT molecular complexity index is 1180. The highest BCUT2D eigenvalue weighted by Gasteiger charge is 2.40. The Morgan fingerprint density at radius 3 is 2.43 bits per heavy atom. The van der Waals surface area contributed by atoms with E-state index >= 15 is 4.39 Å². The lowest BCUT2D eigenvalue weighted by Gasteiger charge is -2.36. The van der Waals surface area contributed by atoms with E-state index in [0.29, 0.717) is 23.8 Å². The normalized spacial score (nSPS) is 20.8. The lowest BCUT2D eigenvalue weighted by molar-refractivity contribution is -0.131. The van der Waals surface area contributed by atoms with Crippen molar-refractivity contribution in [2.24, 2.45) is 0 Å². The highest BCUT2D eigenvalue weighted by Crippen LogP contribution is 2.48. The molecule has 3 aromatic rings. The lowest BCUT2D eigenvalue weighted by Crippen LogP contribution is -2.37. The van der Waals surface area contributed by atoms with Crippen LogP contribution in [0, 0.1) is 0 Å². The minimum absolute atomic E-state index is 0.0774. The summed E-state index contributed by atoms with van der Waals surface area (Å²) in [6, 6.07) is 9.22. The predicted octanol–water partition coefficient (Wildman–Crippen LogP) is 4.92. The SMILES string of the molecule is COc1cc2c3c(c4ccc(OC(C)=O)cc4c2cc1OC)C(F)[C@@H]1CCCN1C3. The van der Waals surface area contributed by atoms with E-state index in [-0.39, 0.29) is 12.0 Å². The van der Waals surface area contributed by atoms with Crippen LogP contribution in [0.4, 0.5) is 4.39 Å². The molecule has 0 saturated carbocycles. The molecule has 1 unspecified atom stereocenters. The summed E-state index contributed by atoms with van der Waals surface area (Å²) in [5.74, 6) is 1.28. The van der Waals surface area contributed by atoms with E-state index in [2.05, 4.69) is 4.90 Å². The Kier molecular flexibility index (Phi) is 4.54. The maximum Gasteiger partial charge on any atom is 0.308 e. The van der Waals surface area contributed by atoms with Gasteiger partial charge in [0.05, 0.1) is 14.2 Å². The van der Waals surface area contributed by atoms with Crippen LogP contribution in [0.25, 0.3) is 21.5 Å². The van der Waals surface area contributed by atoms with Crippen molar-refractivity contribution in [3.63, 3.8) is 0 Å². The monoisotopic (exact) mass is 409 g/mol. The van der Waals surface area contributed by atoms with Crippen LogP contribution in [-0.2, 0) is 11.3 Å². The number of fused-ring (bicyclic) bond motifs is 7. The van der Waals surface area contributed by atoms with Crippen molar-refractivity contribution in [2.75, 3.05) is 20.8 Å². The van der Waals surface area contributed by atoms with E-state index in [4.69, 9.17) is 14.2 Å². The van der Waals surface area contributed by atoms with Crippen LogP contribution in [0.5, 0.6) is 17.2 Å². The summed E-state index contributed by atoms with van der Waals surface area (Å²) in [4.78, 5) is 13.7. The van der Waals surface area contributed by atoms with Gasteiger partial charge in [-0.25, -0.2) is 4.39 Å². The fourth-order valence-corrected chi connectivity index (χ4v) is 5.13. The van der Waals surface area contributed by atoms with Gasteiger partial charge < -0.3 is 14.2 Å². The minimum Gasteiger partial charge on any atom is -0.493 e. The number of ether oxygens (including phenoxy) is 3. The van der Waals surface area contributed by atoms with Crippen molar-refractivity contribution in [3.8, 4) is 17.2 Å². The number of hydrogen-bond acceptors (Lipinski definition) is 5. The summed E-state index contributed by atoms with van der Waals surface area (Å²) >= 11 is 0. The summed E-state index contributed by atoms with van der Waals surface area (Å²) in [6.07, 6.45) is 0.830. The van der Waals surface area contributed by atoms with E-state index in [1.54, 1.807) is 20.3 Å². The Morgan fingerprint density at radius 1 is 1.03 bits per heavy atom. The average molecular weight is 409 g/mol. The summed E-state index contributed by atoms with van der Waals surface area (Å²) in [7, 11) is 3.20. The largest absolute Gasteiger partial charge is 0.493 e. The molecule has 2 aliphatic rings. The number of nitrogens with zero attached hydrogens (tertiary/aromatic N) is 1. The van der Waals surface area contributed by atoms with Gasteiger partial charge >= 0.3 is 5.97 Å². The number of halogens is 1. The first-order valence-electron chi connectivity index (χ1n) is 10.2. The number of esters is 1. The van der Waals surface area contributed by atoms with Crippen molar-refractivity contribution in [1.29, 1.82) is 0 Å². The third-order valence-electron chi connectivity index (χ3n) is 6.40. The first-order chi connectivity index (χ1) is 14.5. The number of methoxy groups -OCH3 is 2. The van der Waals surface area contributed by atoms with Crippen LogP contribution in [0.3, 0.4) is 0 Å². The Morgan fingerprint density at radius 2 is 1.73 bits per heavy atom. The fourth-order valence-electron chi connectivity index (χ4n) is 5.13. The molecule has 1 saturated heterocycles. The first kappa shape index (κ1) is 19.1. The zero-order chi connectivity index (χ0) is 21.0. The minimum atomic E-state index is -1.06. The second kappa shape index (κ2) is 7.13. The van der Waals surface area contributed by atoms with Crippen molar-refractivity contribution < 1.29 is 23.4 Å². The highest BCUT2D eigenvalue weighted by atomic mass is 19.1. The zero-order valence-electron chi connectivity index (χ0n) is 17.3. The molecule has 156 valence electrons. The maximum atomic E-state index is 15.8. The van der Waals surface area contributed by atoms with Crippen LogP contribution in [0.2, 0.25) is 0 Å². The van der Waals surface area contributed by atoms with Gasteiger partial charge in [-0.05, 0) is 70.8 Å². The van der Waals surface area contributed by atoms with Gasteiger partial charge in [0.15, 0.2) is 11.5 Å². The van der Waals surface area contributed by atoms with Crippen LogP contribution >= 0.6 is 0 Å². The molecule has 2 atom stereocenters. The molecule has 5 nitrogen and oxygen atoms in total. The number of carbonyl (C=O) groups excluding carboxylic acids is 1. The third-order valence-corrected chi connectivity index (χ3v) is 6.40. The smallest absolute Gasteiger partial charge is 0.308 e. The van der Waals surface area contributed by atoms with Crippen LogP contribution in [0.15, 0.2) is 30.3 Å². The molecule has 0 radical (unpaired) electrons. The first-order valence-corrected chi connectivity index (χ1v) is 10.2. The fraction of sp³-hybridized carbons (Fsp3) is 0.375. The molecule has 2 aliphatic heterocycles. The van der Waals surface area contributed by atoms with E-state index < -0.39 is 6.17 Å². The Labute approximate surface area is 174 Å². The second-order valence-corrected chi connectivity index (χ2v) is 8.03. The van der Waals surface area contributed by atoms with Crippen LogP contribution in [-0.4, -0.2) is 37.7 Å². The van der Waals surface area contributed by atoms with Gasteiger partial charge in [0.2, 0.25) is 0 Å². The number of hydrogen-bond donors (Lipinski definition) is 0. The number of alkyl halides is 1. The van der Waals surface area contributed by atoms with Gasteiger partial charge in [0, 0.05) is 25.1 Å². The number of carbonyl (C=O) groups is 1. The predicted molar refractivity (Wildman–Crippen MR) is 113 cm³/mol. The van der Waals surface area contributed by atoms with Gasteiger partial charge in [-0.2, -0.15) is 0 Å². The van der Waals surface area contributed by atoms with Crippen molar-refractivity contribution in [2.45, 2.75) is 38.5 Å². The molecule has 0 N–H and O–H groups in total. The third kappa shape index (κ3) is 2.82. The van der Waals surface area contributed by atoms with Crippen LogP contribution in [0.1, 0.15) is 37.1 Å². The summed E-state index contributed by atoms with van der Waals surface area (Å²) in [5, 5.41) is 3.58. The molecule has 0 aromatic heterocycles. The van der Waals surface area contributed by atoms with Crippen molar-refractivity contribution in [3.05, 3.63) is 41.5 Å². The molecule has 2 heterocycles. The molecule has 1 fully saturated rings. The summed E-state index contributed by atoms with van der Waals surface area (Å²) in [5.41, 5.74) is 1.76. The zero-order valence-corrected chi connectivity index (χ0v) is 17.3. The summed E-state index contributed by atoms with van der Waals surface area (Å²) in [6.45, 7) is 3.01. The van der Waals surface area contributed by atoms with Crippen molar-refractivity contribution in [1.82, 2.24) is 4.90 Å². The second-order valence-electron chi connectivity index (χ2n) is 8.03. The molecule has 0 aliphatic carbocycles. The Hall–Kier alpha value is -2.86. The average Bonchev–Trinajstić information content (AvgIpc) is 3.21. The molecule has 0 amide bonds. The van der Waals surface area contributed by atoms with E-state index in [1.807, 2.05) is 24.3 Å². The quantitative estimate of drug-likeness (QED) is 0.349. The topological polar surface area (TPSA) is 48.0 Å². The maximum absolute atomic E-state index is 15.8. The van der Waals surface area contributed by atoms with Crippen LogP contribution < -0.4 is 14.2 Å². The molecular weight excluding hydrogens is 385 g/mol. The number of benzene rings is 3.